The first kappa shape index (κ1) is 16.6. The number of methoxy groups -OCH3 is 1. The zero-order valence-electron chi connectivity index (χ0n) is 12.4. The molecule has 0 bridgehead atoms. The average Bonchev–Trinajstić information content (AvgIpc) is 2.58. The van der Waals surface area contributed by atoms with E-state index in [1.807, 2.05) is 36.4 Å². The second-order valence-corrected chi connectivity index (χ2v) is 5.53. The Morgan fingerprint density at radius 1 is 1.13 bits per heavy atom. The highest BCUT2D eigenvalue weighted by atomic mass is 79.9. The van der Waals surface area contributed by atoms with Crippen LogP contribution in [0.1, 0.15) is 11.1 Å². The van der Waals surface area contributed by atoms with Crippen molar-refractivity contribution in [3.63, 3.8) is 0 Å². The normalized spacial score (nSPS) is 9.39. The highest BCUT2D eigenvalue weighted by molar-refractivity contribution is 9.10. The Balaban J connectivity index is 2.24. The van der Waals surface area contributed by atoms with Crippen LogP contribution < -0.4 is 9.47 Å². The summed E-state index contributed by atoms with van der Waals surface area (Å²) >= 11 is 3.42. The van der Waals surface area contributed by atoms with Gasteiger partial charge in [0.2, 0.25) is 0 Å². The molecule has 0 aliphatic carbocycles. The number of hydrogen-bond donors (Lipinski definition) is 0. The van der Waals surface area contributed by atoms with Gasteiger partial charge in [-0.05, 0) is 41.5 Å². The van der Waals surface area contributed by atoms with E-state index in [0.29, 0.717) is 23.7 Å². The van der Waals surface area contributed by atoms with Crippen LogP contribution in [0.4, 0.5) is 0 Å². The largest absolute Gasteiger partial charge is 0.493 e. The smallest absolute Gasteiger partial charge is 0.162 e. The molecule has 0 amide bonds. The molecule has 4 nitrogen and oxygen atoms in total. The van der Waals surface area contributed by atoms with Gasteiger partial charge >= 0.3 is 0 Å². The van der Waals surface area contributed by atoms with Gasteiger partial charge in [0, 0.05) is 4.47 Å². The summed E-state index contributed by atoms with van der Waals surface area (Å²) in [5.74, 6) is 1.14. The third-order valence-electron chi connectivity index (χ3n) is 3.02. The summed E-state index contributed by atoms with van der Waals surface area (Å²) in [7, 11) is 1.56. The van der Waals surface area contributed by atoms with Crippen LogP contribution in [-0.2, 0) is 6.61 Å². The summed E-state index contributed by atoms with van der Waals surface area (Å²) in [6.07, 6.45) is 1.51. The molecule has 0 N–H and O–H groups in total. The van der Waals surface area contributed by atoms with Crippen LogP contribution in [0.25, 0.3) is 6.08 Å². The van der Waals surface area contributed by atoms with Gasteiger partial charge in [0.15, 0.2) is 11.5 Å². The number of benzene rings is 2. The summed E-state index contributed by atoms with van der Waals surface area (Å²) in [5, 5.41) is 17.7. The molecule has 2 aromatic rings. The van der Waals surface area contributed by atoms with Crippen LogP contribution in [-0.4, -0.2) is 7.11 Å². The van der Waals surface area contributed by atoms with Crippen molar-refractivity contribution >= 4 is 22.0 Å². The lowest BCUT2D eigenvalue weighted by atomic mass is 10.1. The van der Waals surface area contributed by atoms with Crippen molar-refractivity contribution in [3.8, 4) is 23.6 Å². The first-order valence-corrected chi connectivity index (χ1v) is 7.52. The summed E-state index contributed by atoms with van der Waals surface area (Å²) in [6, 6.07) is 16.7. The van der Waals surface area contributed by atoms with Crippen LogP contribution >= 0.6 is 15.9 Å². The van der Waals surface area contributed by atoms with E-state index in [9.17, 15) is 0 Å². The van der Waals surface area contributed by atoms with Crippen molar-refractivity contribution in [2.24, 2.45) is 0 Å². The van der Waals surface area contributed by atoms with E-state index in [2.05, 4.69) is 15.9 Å². The van der Waals surface area contributed by atoms with E-state index in [1.165, 1.54) is 6.08 Å². The third kappa shape index (κ3) is 4.60. The molecule has 23 heavy (non-hydrogen) atoms. The monoisotopic (exact) mass is 368 g/mol. The second-order valence-electron chi connectivity index (χ2n) is 4.61. The Labute approximate surface area is 143 Å². The molecule has 114 valence electrons. The molecule has 0 saturated heterocycles. The predicted octanol–water partition coefficient (Wildman–Crippen LogP) is 4.47. The molecule has 0 aliphatic heterocycles. The number of rotatable bonds is 5. The van der Waals surface area contributed by atoms with E-state index in [1.54, 1.807) is 25.3 Å². The maximum Gasteiger partial charge on any atom is 0.162 e. The van der Waals surface area contributed by atoms with Gasteiger partial charge < -0.3 is 9.47 Å². The summed E-state index contributed by atoms with van der Waals surface area (Å²) in [6.45, 7) is 0.381. The maximum absolute atomic E-state index is 8.83. The zero-order chi connectivity index (χ0) is 16.7. The van der Waals surface area contributed by atoms with Gasteiger partial charge in [-0.25, -0.2) is 0 Å². The summed E-state index contributed by atoms with van der Waals surface area (Å²) in [4.78, 5) is 0. The maximum atomic E-state index is 8.83. The van der Waals surface area contributed by atoms with Crippen LogP contribution in [0, 0.1) is 22.7 Å². The van der Waals surface area contributed by atoms with Crippen molar-refractivity contribution < 1.29 is 9.47 Å². The molecule has 5 heteroatoms. The van der Waals surface area contributed by atoms with E-state index in [4.69, 9.17) is 20.0 Å². The fourth-order valence-corrected chi connectivity index (χ4v) is 2.39. The number of ether oxygens (including phenoxy) is 2. The first-order chi connectivity index (χ1) is 11.2. The number of nitriles is 2. The lowest BCUT2D eigenvalue weighted by Crippen LogP contribution is -1.98. The van der Waals surface area contributed by atoms with Crippen molar-refractivity contribution in [3.05, 3.63) is 63.6 Å². The molecule has 0 aliphatic rings. The quantitative estimate of drug-likeness (QED) is 0.730. The first-order valence-electron chi connectivity index (χ1n) is 6.73. The topological polar surface area (TPSA) is 66.0 Å². The van der Waals surface area contributed by atoms with Gasteiger partial charge in [-0.2, -0.15) is 10.5 Å². The Morgan fingerprint density at radius 3 is 2.57 bits per heavy atom. The van der Waals surface area contributed by atoms with Crippen molar-refractivity contribution in [2.45, 2.75) is 6.61 Å². The Kier molecular flexibility index (Phi) is 5.80. The van der Waals surface area contributed by atoms with Crippen molar-refractivity contribution in [1.29, 1.82) is 10.5 Å². The molecule has 0 atom stereocenters. The highest BCUT2D eigenvalue weighted by Crippen LogP contribution is 2.30. The molecule has 0 saturated carbocycles. The van der Waals surface area contributed by atoms with E-state index in [-0.39, 0.29) is 5.57 Å². The van der Waals surface area contributed by atoms with E-state index in [0.717, 1.165) is 10.0 Å². The minimum atomic E-state index is 0.0353. The number of nitrogens with zero attached hydrogens (tertiary/aromatic N) is 2. The number of halogens is 1. The highest BCUT2D eigenvalue weighted by Gasteiger charge is 2.06. The predicted molar refractivity (Wildman–Crippen MR) is 90.7 cm³/mol. The summed E-state index contributed by atoms with van der Waals surface area (Å²) < 4.78 is 12.1. The molecular formula is C18H13BrN2O2. The third-order valence-corrected chi connectivity index (χ3v) is 3.52. The van der Waals surface area contributed by atoms with Gasteiger partial charge in [-0.3, -0.25) is 0 Å². The van der Waals surface area contributed by atoms with Gasteiger partial charge in [0.1, 0.15) is 24.3 Å². The number of hydrogen-bond acceptors (Lipinski definition) is 4. The molecule has 2 aromatic carbocycles. The lowest BCUT2D eigenvalue weighted by Gasteiger charge is -2.11. The van der Waals surface area contributed by atoms with Crippen LogP contribution in [0.5, 0.6) is 11.5 Å². The molecule has 0 spiro atoms. The van der Waals surface area contributed by atoms with Gasteiger partial charge in [0.05, 0.1) is 7.11 Å². The molecule has 0 unspecified atom stereocenters. The minimum Gasteiger partial charge on any atom is -0.493 e. The fourth-order valence-electron chi connectivity index (χ4n) is 1.94. The summed E-state index contributed by atoms with van der Waals surface area (Å²) in [5.41, 5.74) is 1.75. The average molecular weight is 369 g/mol. The zero-order valence-corrected chi connectivity index (χ0v) is 14.0. The minimum absolute atomic E-state index is 0.0353. The standard InChI is InChI=1S/C18H13BrN2O2/c1-22-17-6-5-13(7-15(10-20)11-21)9-18(17)23-12-14-3-2-4-16(19)8-14/h2-9H,12H2,1H3. The van der Waals surface area contributed by atoms with E-state index < -0.39 is 0 Å². The Hall–Kier alpha value is -2.76. The molecule has 0 heterocycles. The van der Waals surface area contributed by atoms with Gasteiger partial charge in [-0.15, -0.1) is 0 Å². The molecule has 0 aromatic heterocycles. The van der Waals surface area contributed by atoms with Gasteiger partial charge in [0.25, 0.3) is 0 Å². The second kappa shape index (κ2) is 8.03. The SMILES string of the molecule is COc1ccc(C=C(C#N)C#N)cc1OCc1cccc(Br)c1. The van der Waals surface area contributed by atoms with Gasteiger partial charge in [-0.1, -0.05) is 34.1 Å². The Bertz CT molecular complexity index is 801. The molecule has 2 rings (SSSR count). The molecular weight excluding hydrogens is 356 g/mol. The van der Waals surface area contributed by atoms with Crippen molar-refractivity contribution in [1.82, 2.24) is 0 Å². The Morgan fingerprint density at radius 2 is 1.91 bits per heavy atom. The molecule has 0 radical (unpaired) electrons. The van der Waals surface area contributed by atoms with Crippen LogP contribution in [0.3, 0.4) is 0 Å². The van der Waals surface area contributed by atoms with E-state index >= 15 is 0 Å². The molecule has 0 fully saturated rings. The number of allylic oxidation sites excluding steroid dienone is 1. The van der Waals surface area contributed by atoms with Crippen LogP contribution in [0.2, 0.25) is 0 Å². The van der Waals surface area contributed by atoms with Crippen LogP contribution in [0.15, 0.2) is 52.5 Å². The fraction of sp³-hybridized carbons (Fsp3) is 0.111. The van der Waals surface area contributed by atoms with Crippen molar-refractivity contribution in [2.75, 3.05) is 7.11 Å². The lowest BCUT2D eigenvalue weighted by molar-refractivity contribution is 0.284.